The number of carboxylic acid groups (broad SMARTS) is 1. The van der Waals surface area contributed by atoms with Gasteiger partial charge in [0.2, 0.25) is 5.88 Å². The van der Waals surface area contributed by atoms with Gasteiger partial charge in [0.25, 0.3) is 5.69 Å². The van der Waals surface area contributed by atoms with Crippen molar-refractivity contribution < 1.29 is 19.6 Å². The number of hydrogen-bond donors (Lipinski definition) is 1. The third-order valence-corrected chi connectivity index (χ3v) is 6.74. The Kier molecular flexibility index (Phi) is 6.14. The molecule has 1 atom stereocenters. The van der Waals surface area contributed by atoms with Crippen molar-refractivity contribution in [1.29, 1.82) is 0 Å². The summed E-state index contributed by atoms with van der Waals surface area (Å²) >= 11 is 1.63. The molecular formula is C24H22N2O5S. The number of fused-ring (bicyclic) bond motifs is 1. The molecule has 0 amide bonds. The van der Waals surface area contributed by atoms with Gasteiger partial charge in [-0.05, 0) is 53.3 Å². The monoisotopic (exact) mass is 450 g/mol. The first kappa shape index (κ1) is 21.8. The number of rotatable bonds is 7. The lowest BCUT2D eigenvalue weighted by Gasteiger charge is -2.13. The number of thioether (sulfide) groups is 1. The number of carbonyl (C=O) groups is 1. The van der Waals surface area contributed by atoms with Gasteiger partial charge in [0, 0.05) is 41.0 Å². The van der Waals surface area contributed by atoms with Crippen LogP contribution >= 0.6 is 11.8 Å². The van der Waals surface area contributed by atoms with Crippen molar-refractivity contribution in [3.05, 3.63) is 81.0 Å². The Labute approximate surface area is 189 Å². The minimum absolute atomic E-state index is 0.0149. The molecule has 1 aliphatic rings. The highest BCUT2D eigenvalue weighted by molar-refractivity contribution is 7.99. The van der Waals surface area contributed by atoms with Crippen molar-refractivity contribution in [2.45, 2.75) is 37.7 Å². The summed E-state index contributed by atoms with van der Waals surface area (Å²) in [6.07, 6.45) is 1.83. The van der Waals surface area contributed by atoms with Crippen LogP contribution in [-0.4, -0.2) is 26.7 Å². The summed E-state index contributed by atoms with van der Waals surface area (Å²) in [7, 11) is 0. The second-order valence-electron chi connectivity index (χ2n) is 7.87. The van der Waals surface area contributed by atoms with Crippen LogP contribution in [0.2, 0.25) is 0 Å². The number of ether oxygens (including phenoxy) is 1. The Morgan fingerprint density at radius 2 is 2.00 bits per heavy atom. The normalized spacial score (nSPS) is 14.8. The number of nitro benzene ring substituents is 1. The molecule has 0 bridgehead atoms. The molecule has 7 nitrogen and oxygen atoms in total. The fraction of sp³-hybridized carbons (Fsp3) is 0.250. The van der Waals surface area contributed by atoms with Crippen molar-refractivity contribution in [2.75, 3.05) is 5.75 Å². The predicted molar refractivity (Wildman–Crippen MR) is 122 cm³/mol. The van der Waals surface area contributed by atoms with Crippen LogP contribution in [0, 0.1) is 24.0 Å². The fourth-order valence-corrected chi connectivity index (χ4v) is 5.32. The number of non-ortho nitro benzene ring substituents is 1. The number of pyridine rings is 1. The van der Waals surface area contributed by atoms with E-state index in [1.165, 1.54) is 0 Å². The molecule has 4 rings (SSSR count). The van der Waals surface area contributed by atoms with Gasteiger partial charge in [-0.2, -0.15) is 0 Å². The summed E-state index contributed by atoms with van der Waals surface area (Å²) in [4.78, 5) is 27.2. The average molecular weight is 451 g/mol. The highest BCUT2D eigenvalue weighted by Gasteiger charge is 2.26. The first-order valence-corrected chi connectivity index (χ1v) is 11.1. The lowest BCUT2D eigenvalue weighted by Crippen LogP contribution is -2.06. The van der Waals surface area contributed by atoms with E-state index in [1.807, 2.05) is 44.2 Å². The van der Waals surface area contributed by atoms with Gasteiger partial charge in [-0.3, -0.25) is 14.9 Å². The Balaban J connectivity index is 1.50. The van der Waals surface area contributed by atoms with Gasteiger partial charge in [-0.15, -0.1) is 11.8 Å². The Bertz CT molecular complexity index is 1190. The Morgan fingerprint density at radius 3 is 2.69 bits per heavy atom. The van der Waals surface area contributed by atoms with Crippen molar-refractivity contribution in [3.63, 3.8) is 0 Å². The molecule has 0 saturated carbocycles. The van der Waals surface area contributed by atoms with E-state index >= 15 is 0 Å². The molecular weight excluding hydrogens is 428 g/mol. The van der Waals surface area contributed by atoms with E-state index < -0.39 is 5.97 Å². The van der Waals surface area contributed by atoms with E-state index in [2.05, 4.69) is 4.98 Å². The number of carboxylic acids is 1. The molecule has 1 N–H and O–H groups in total. The molecule has 32 heavy (non-hydrogen) atoms. The standard InChI is InChI=1S/C24H22N2O5S/c1-14-6-19(26(29)30)7-15(2)24(14)17-5-3-4-16(8-17)12-31-22-10-21-20(11-25-22)18(13-32-21)9-23(27)28/h3-8,10-11,18H,9,12-13H2,1-2H3,(H,27,28)/t18-/m1/s1. The molecule has 0 saturated heterocycles. The number of aryl methyl sites for hydroxylation is 2. The maximum Gasteiger partial charge on any atom is 0.303 e. The molecule has 2 aromatic carbocycles. The largest absolute Gasteiger partial charge is 0.481 e. The van der Waals surface area contributed by atoms with E-state index in [1.54, 1.807) is 30.1 Å². The van der Waals surface area contributed by atoms with Crippen molar-refractivity contribution in [1.82, 2.24) is 4.98 Å². The number of aromatic nitrogens is 1. The van der Waals surface area contributed by atoms with Gasteiger partial charge in [0.1, 0.15) is 6.61 Å². The third kappa shape index (κ3) is 4.60. The van der Waals surface area contributed by atoms with Crippen LogP contribution in [-0.2, 0) is 11.4 Å². The molecule has 8 heteroatoms. The molecule has 164 valence electrons. The number of benzene rings is 2. The SMILES string of the molecule is Cc1cc([N+](=O)[O-])cc(C)c1-c1cccc(COc2cc3c(cn2)[C@H](CC(=O)O)CS3)c1. The lowest BCUT2D eigenvalue weighted by atomic mass is 9.94. The van der Waals surface area contributed by atoms with E-state index in [-0.39, 0.29) is 22.9 Å². The summed E-state index contributed by atoms with van der Waals surface area (Å²) in [5.74, 6) is 0.421. The maximum atomic E-state index is 11.1. The topological polar surface area (TPSA) is 103 Å². The van der Waals surface area contributed by atoms with E-state index in [4.69, 9.17) is 9.84 Å². The van der Waals surface area contributed by atoms with E-state index in [9.17, 15) is 14.9 Å². The zero-order valence-corrected chi connectivity index (χ0v) is 18.5. The van der Waals surface area contributed by atoms with Gasteiger partial charge in [-0.25, -0.2) is 4.98 Å². The van der Waals surface area contributed by atoms with E-state index in [0.717, 1.165) is 44.0 Å². The quantitative estimate of drug-likeness (QED) is 0.374. The van der Waals surface area contributed by atoms with Crippen LogP contribution in [0.5, 0.6) is 5.88 Å². The zero-order valence-electron chi connectivity index (χ0n) is 17.7. The van der Waals surface area contributed by atoms with Crippen LogP contribution < -0.4 is 4.74 Å². The lowest BCUT2D eigenvalue weighted by molar-refractivity contribution is -0.384. The molecule has 3 aromatic rings. The van der Waals surface area contributed by atoms with Gasteiger partial charge in [0.15, 0.2) is 0 Å². The molecule has 0 unspecified atom stereocenters. The minimum atomic E-state index is -0.804. The van der Waals surface area contributed by atoms with E-state index in [0.29, 0.717) is 12.5 Å². The van der Waals surface area contributed by atoms with Crippen molar-refractivity contribution in [2.24, 2.45) is 0 Å². The summed E-state index contributed by atoms with van der Waals surface area (Å²) in [5, 5.41) is 20.2. The van der Waals surface area contributed by atoms with Crippen molar-refractivity contribution >= 4 is 23.4 Å². The van der Waals surface area contributed by atoms with Crippen LogP contribution in [0.4, 0.5) is 5.69 Å². The average Bonchev–Trinajstić information content (AvgIpc) is 3.13. The highest BCUT2D eigenvalue weighted by atomic mass is 32.2. The second-order valence-corrected chi connectivity index (χ2v) is 8.93. The summed E-state index contributed by atoms with van der Waals surface area (Å²) in [5.41, 5.74) is 5.67. The molecule has 0 fully saturated rings. The van der Waals surface area contributed by atoms with Crippen LogP contribution in [0.25, 0.3) is 11.1 Å². The zero-order chi connectivity index (χ0) is 22.8. The minimum Gasteiger partial charge on any atom is -0.481 e. The first-order chi connectivity index (χ1) is 15.3. The summed E-state index contributed by atoms with van der Waals surface area (Å²) < 4.78 is 5.91. The third-order valence-electron chi connectivity index (χ3n) is 5.50. The predicted octanol–water partition coefficient (Wildman–Crippen LogP) is 5.52. The number of hydrogen-bond acceptors (Lipinski definition) is 6. The van der Waals surface area contributed by atoms with Crippen molar-refractivity contribution in [3.8, 4) is 17.0 Å². The molecule has 1 aliphatic heterocycles. The number of nitrogens with zero attached hydrogens (tertiary/aromatic N) is 2. The molecule has 0 aliphatic carbocycles. The highest BCUT2D eigenvalue weighted by Crippen LogP contribution is 2.42. The molecule has 0 spiro atoms. The summed E-state index contributed by atoms with van der Waals surface area (Å²) in [6.45, 7) is 4.08. The Morgan fingerprint density at radius 1 is 1.25 bits per heavy atom. The van der Waals surface area contributed by atoms with Crippen LogP contribution in [0.1, 0.15) is 34.6 Å². The molecule has 2 heterocycles. The fourth-order valence-electron chi connectivity index (χ4n) is 4.08. The Hall–Kier alpha value is -3.39. The smallest absolute Gasteiger partial charge is 0.303 e. The molecule has 1 aromatic heterocycles. The maximum absolute atomic E-state index is 11.1. The van der Waals surface area contributed by atoms with Gasteiger partial charge in [-0.1, -0.05) is 18.2 Å². The van der Waals surface area contributed by atoms with Gasteiger partial charge in [0.05, 0.1) is 11.3 Å². The summed E-state index contributed by atoms with van der Waals surface area (Å²) in [6, 6.07) is 13.0. The van der Waals surface area contributed by atoms with Gasteiger partial charge < -0.3 is 9.84 Å². The van der Waals surface area contributed by atoms with Gasteiger partial charge >= 0.3 is 5.97 Å². The first-order valence-electron chi connectivity index (χ1n) is 10.1. The number of nitro groups is 1. The molecule has 0 radical (unpaired) electrons. The van der Waals surface area contributed by atoms with Crippen LogP contribution in [0.3, 0.4) is 0 Å². The second kappa shape index (κ2) is 9.00. The number of aliphatic carboxylic acids is 1. The van der Waals surface area contributed by atoms with Crippen LogP contribution in [0.15, 0.2) is 53.6 Å².